The van der Waals surface area contributed by atoms with Crippen LogP contribution in [0.3, 0.4) is 0 Å². The summed E-state index contributed by atoms with van der Waals surface area (Å²) in [4.78, 5) is 11.8. The second kappa shape index (κ2) is 6.43. The summed E-state index contributed by atoms with van der Waals surface area (Å²) >= 11 is 0. The van der Waals surface area contributed by atoms with Crippen LogP contribution in [0.1, 0.15) is 15.9 Å². The summed E-state index contributed by atoms with van der Waals surface area (Å²) in [6.45, 7) is 0. The second-order valence-corrected chi connectivity index (χ2v) is 4.38. The quantitative estimate of drug-likeness (QED) is 0.457. The molecule has 0 aliphatic heterocycles. The van der Waals surface area contributed by atoms with Crippen LogP contribution >= 0.6 is 0 Å². The lowest BCUT2D eigenvalue weighted by Gasteiger charge is -2.00. The van der Waals surface area contributed by atoms with Crippen LogP contribution in [0.4, 0.5) is 0 Å². The topological polar surface area (TPSA) is 77.8 Å². The molecule has 2 rings (SSSR count). The SMILES string of the molecule is O=C(/C=C/C=C/c1ccc(O)cc1)c1ccc(O)cc1O. The number of carbonyl (C=O) groups is 1. The maximum atomic E-state index is 11.8. The Morgan fingerprint density at radius 1 is 0.857 bits per heavy atom. The van der Waals surface area contributed by atoms with Crippen molar-refractivity contribution in [3.8, 4) is 17.2 Å². The van der Waals surface area contributed by atoms with Crippen molar-refractivity contribution in [1.82, 2.24) is 0 Å². The van der Waals surface area contributed by atoms with Crippen molar-refractivity contribution >= 4 is 11.9 Å². The van der Waals surface area contributed by atoms with Gasteiger partial charge in [-0.15, -0.1) is 0 Å². The number of hydrogen-bond acceptors (Lipinski definition) is 4. The maximum absolute atomic E-state index is 11.8. The van der Waals surface area contributed by atoms with E-state index in [1.54, 1.807) is 42.5 Å². The van der Waals surface area contributed by atoms with Gasteiger partial charge in [0.15, 0.2) is 5.78 Å². The highest BCUT2D eigenvalue weighted by Gasteiger charge is 2.07. The molecule has 2 aromatic rings. The van der Waals surface area contributed by atoms with Crippen LogP contribution in [0.2, 0.25) is 0 Å². The van der Waals surface area contributed by atoms with E-state index < -0.39 is 0 Å². The van der Waals surface area contributed by atoms with Gasteiger partial charge in [-0.2, -0.15) is 0 Å². The van der Waals surface area contributed by atoms with E-state index in [9.17, 15) is 9.90 Å². The molecule has 106 valence electrons. The zero-order valence-electron chi connectivity index (χ0n) is 11.1. The molecular weight excluding hydrogens is 268 g/mol. The summed E-state index contributed by atoms with van der Waals surface area (Å²) in [6.07, 6.45) is 6.34. The predicted molar refractivity (Wildman–Crippen MR) is 80.4 cm³/mol. The van der Waals surface area contributed by atoms with Crippen LogP contribution in [0.5, 0.6) is 17.2 Å². The molecule has 4 heteroatoms. The Morgan fingerprint density at radius 2 is 1.52 bits per heavy atom. The summed E-state index contributed by atoms with van der Waals surface area (Å²) in [5.41, 5.74) is 1.01. The Hall–Kier alpha value is -3.01. The molecule has 4 nitrogen and oxygen atoms in total. The molecule has 0 atom stereocenters. The van der Waals surface area contributed by atoms with Gasteiger partial charge in [0, 0.05) is 6.07 Å². The smallest absolute Gasteiger partial charge is 0.189 e. The highest BCUT2D eigenvalue weighted by Crippen LogP contribution is 2.23. The van der Waals surface area contributed by atoms with E-state index in [2.05, 4.69) is 0 Å². The van der Waals surface area contributed by atoms with Gasteiger partial charge in [-0.3, -0.25) is 4.79 Å². The molecule has 0 aliphatic rings. The van der Waals surface area contributed by atoms with E-state index >= 15 is 0 Å². The first-order valence-corrected chi connectivity index (χ1v) is 6.26. The molecule has 0 radical (unpaired) electrons. The molecule has 3 N–H and O–H groups in total. The van der Waals surface area contributed by atoms with E-state index in [0.29, 0.717) is 0 Å². The van der Waals surface area contributed by atoms with Gasteiger partial charge < -0.3 is 15.3 Å². The van der Waals surface area contributed by atoms with Gasteiger partial charge in [0.25, 0.3) is 0 Å². The first-order chi connectivity index (χ1) is 10.1. The lowest BCUT2D eigenvalue weighted by molar-refractivity contribution is 0.104. The largest absolute Gasteiger partial charge is 0.508 e. The first-order valence-electron chi connectivity index (χ1n) is 6.26. The number of aromatic hydroxyl groups is 3. The molecule has 0 amide bonds. The third-order valence-electron chi connectivity index (χ3n) is 2.79. The fourth-order valence-electron chi connectivity index (χ4n) is 1.71. The Bertz CT molecular complexity index is 697. The van der Waals surface area contributed by atoms with Crippen LogP contribution < -0.4 is 0 Å². The molecule has 21 heavy (non-hydrogen) atoms. The summed E-state index contributed by atoms with van der Waals surface area (Å²) < 4.78 is 0. The predicted octanol–water partition coefficient (Wildman–Crippen LogP) is 3.26. The van der Waals surface area contributed by atoms with E-state index in [4.69, 9.17) is 10.2 Å². The van der Waals surface area contributed by atoms with Gasteiger partial charge in [-0.1, -0.05) is 30.4 Å². The normalized spacial score (nSPS) is 11.2. The lowest BCUT2D eigenvalue weighted by Crippen LogP contribution is -1.94. The summed E-state index contributed by atoms with van der Waals surface area (Å²) in [5, 5.41) is 27.9. The number of rotatable bonds is 4. The zero-order chi connectivity index (χ0) is 15.2. The number of carbonyl (C=O) groups excluding carboxylic acids is 1. The van der Waals surface area contributed by atoms with E-state index in [1.165, 1.54) is 18.2 Å². The van der Waals surface area contributed by atoms with Gasteiger partial charge in [-0.25, -0.2) is 0 Å². The van der Waals surface area contributed by atoms with Gasteiger partial charge >= 0.3 is 0 Å². The van der Waals surface area contributed by atoms with E-state index in [1.807, 2.05) is 0 Å². The molecule has 0 fully saturated rings. The number of ketones is 1. The maximum Gasteiger partial charge on any atom is 0.189 e. The van der Waals surface area contributed by atoms with Crippen LogP contribution in [0, 0.1) is 0 Å². The van der Waals surface area contributed by atoms with Crippen molar-refractivity contribution in [2.24, 2.45) is 0 Å². The molecule has 2 aromatic carbocycles. The van der Waals surface area contributed by atoms with Crippen LogP contribution in [-0.2, 0) is 0 Å². The highest BCUT2D eigenvalue weighted by molar-refractivity contribution is 6.06. The average molecular weight is 282 g/mol. The molecule has 0 saturated heterocycles. The number of hydrogen-bond donors (Lipinski definition) is 3. The number of allylic oxidation sites excluding steroid dienone is 3. The van der Waals surface area contributed by atoms with Crippen LogP contribution in [0.15, 0.2) is 60.7 Å². The Morgan fingerprint density at radius 3 is 2.19 bits per heavy atom. The third kappa shape index (κ3) is 3.98. The van der Waals surface area contributed by atoms with E-state index in [-0.39, 0.29) is 28.6 Å². The van der Waals surface area contributed by atoms with Gasteiger partial charge in [0.2, 0.25) is 0 Å². The summed E-state index contributed by atoms with van der Waals surface area (Å²) in [5.74, 6) is -0.518. The first kappa shape index (κ1) is 14.4. The molecule has 0 aromatic heterocycles. The molecular formula is C17H14O4. The van der Waals surface area contributed by atoms with Crippen molar-refractivity contribution < 1.29 is 20.1 Å². The molecule has 0 bridgehead atoms. The molecule has 0 aliphatic carbocycles. The van der Waals surface area contributed by atoms with Crippen LogP contribution in [0.25, 0.3) is 6.08 Å². The van der Waals surface area contributed by atoms with Crippen molar-refractivity contribution in [3.05, 3.63) is 71.8 Å². The fraction of sp³-hybridized carbons (Fsp3) is 0. The van der Waals surface area contributed by atoms with Crippen molar-refractivity contribution in [2.45, 2.75) is 0 Å². The molecule has 0 heterocycles. The minimum atomic E-state index is -0.358. The van der Waals surface area contributed by atoms with Crippen molar-refractivity contribution in [3.63, 3.8) is 0 Å². The fourth-order valence-corrected chi connectivity index (χ4v) is 1.71. The number of benzene rings is 2. The summed E-state index contributed by atoms with van der Waals surface area (Å²) in [7, 11) is 0. The molecule has 0 saturated carbocycles. The molecule has 0 unspecified atom stereocenters. The third-order valence-corrected chi connectivity index (χ3v) is 2.79. The van der Waals surface area contributed by atoms with Gasteiger partial charge in [-0.05, 0) is 35.9 Å². The van der Waals surface area contributed by atoms with Gasteiger partial charge in [0.1, 0.15) is 17.2 Å². The zero-order valence-corrected chi connectivity index (χ0v) is 11.1. The monoisotopic (exact) mass is 282 g/mol. The lowest BCUT2D eigenvalue weighted by atomic mass is 10.1. The Balaban J connectivity index is 2.03. The Labute approximate surface area is 121 Å². The highest BCUT2D eigenvalue weighted by atomic mass is 16.3. The Kier molecular flexibility index (Phi) is 4.41. The van der Waals surface area contributed by atoms with Crippen molar-refractivity contribution in [1.29, 1.82) is 0 Å². The van der Waals surface area contributed by atoms with Gasteiger partial charge in [0.05, 0.1) is 5.56 Å². The minimum absolute atomic E-state index is 0.0970. The standard InChI is InChI=1S/C17H14O4/c18-13-7-5-12(6-8-13)3-1-2-4-16(20)15-10-9-14(19)11-17(15)21/h1-11,18-19,21H/b3-1+,4-2+. The average Bonchev–Trinajstić information content (AvgIpc) is 2.45. The number of phenols is 3. The summed E-state index contributed by atoms with van der Waals surface area (Å²) in [6, 6.07) is 10.5. The minimum Gasteiger partial charge on any atom is -0.508 e. The van der Waals surface area contributed by atoms with E-state index in [0.717, 1.165) is 11.6 Å². The molecule has 0 spiro atoms. The second-order valence-electron chi connectivity index (χ2n) is 4.38. The number of phenolic OH excluding ortho intramolecular Hbond substituents is 3. The van der Waals surface area contributed by atoms with Crippen molar-refractivity contribution in [2.75, 3.05) is 0 Å². The van der Waals surface area contributed by atoms with Crippen LogP contribution in [-0.4, -0.2) is 21.1 Å².